The maximum Gasteiger partial charge on any atom is 0.331 e. The van der Waals surface area contributed by atoms with Crippen LogP contribution >= 0.6 is 0 Å². The third-order valence-corrected chi connectivity index (χ3v) is 4.71. The van der Waals surface area contributed by atoms with Gasteiger partial charge in [0.05, 0.1) is 6.26 Å². The number of furan rings is 1. The quantitative estimate of drug-likeness (QED) is 0.622. The minimum absolute atomic E-state index is 0.389. The van der Waals surface area contributed by atoms with Gasteiger partial charge in [-0.2, -0.15) is 0 Å². The highest BCUT2D eigenvalue weighted by atomic mass is 16.7. The van der Waals surface area contributed by atoms with Crippen LogP contribution < -0.4 is 14.8 Å². The molecule has 0 saturated heterocycles. The van der Waals surface area contributed by atoms with Crippen LogP contribution in [0.5, 0.6) is 11.5 Å². The number of hydrogen-bond acceptors (Lipinski definition) is 6. The lowest BCUT2D eigenvalue weighted by molar-refractivity contribution is -0.142. The van der Waals surface area contributed by atoms with Gasteiger partial charge in [0.25, 0.3) is 11.7 Å². The number of hydrogen-bond donors (Lipinski definition) is 1. The van der Waals surface area contributed by atoms with E-state index in [1.165, 1.54) is 24.8 Å². The van der Waals surface area contributed by atoms with Crippen molar-refractivity contribution in [2.45, 2.75) is 37.9 Å². The average Bonchev–Trinajstić information content (AvgIpc) is 3.32. The molecule has 1 aromatic heterocycles. The number of ether oxygens (including phenoxy) is 3. The lowest BCUT2D eigenvalue weighted by Crippen LogP contribution is -2.40. The van der Waals surface area contributed by atoms with Crippen LogP contribution in [0.3, 0.4) is 0 Å². The molecular weight excluding hydrogens is 362 g/mol. The van der Waals surface area contributed by atoms with Crippen LogP contribution in [0.25, 0.3) is 6.08 Å². The molecule has 2 heterocycles. The SMILES string of the molecule is O=C(COC(=O)/C=C/c1ccco1)Nc1ccc2c(c1)OC1(CCCCC1)O2. The molecule has 1 saturated carbocycles. The summed E-state index contributed by atoms with van der Waals surface area (Å²) in [6.45, 7) is -0.389. The second-order valence-corrected chi connectivity index (χ2v) is 6.84. The van der Waals surface area contributed by atoms with Crippen molar-refractivity contribution in [3.8, 4) is 11.5 Å². The van der Waals surface area contributed by atoms with Gasteiger partial charge < -0.3 is 23.9 Å². The summed E-state index contributed by atoms with van der Waals surface area (Å²) in [7, 11) is 0. The molecule has 7 nitrogen and oxygen atoms in total. The number of carbonyl (C=O) groups is 2. The topological polar surface area (TPSA) is 87.0 Å². The van der Waals surface area contributed by atoms with E-state index in [1.807, 2.05) is 0 Å². The standard InChI is InChI=1S/C21H21NO6/c23-19(14-26-20(24)9-7-16-5-4-12-25-16)22-15-6-8-17-18(13-15)28-21(27-17)10-2-1-3-11-21/h4-9,12-13H,1-3,10-11,14H2,(H,22,23)/b9-7+. The lowest BCUT2D eigenvalue weighted by Gasteiger charge is -2.31. The van der Waals surface area contributed by atoms with Gasteiger partial charge in [0.1, 0.15) is 5.76 Å². The monoisotopic (exact) mass is 383 g/mol. The molecular formula is C21H21NO6. The number of carbonyl (C=O) groups excluding carboxylic acids is 2. The van der Waals surface area contributed by atoms with Crippen molar-refractivity contribution in [2.75, 3.05) is 11.9 Å². The zero-order chi connectivity index (χ0) is 19.4. The highest BCUT2D eigenvalue weighted by molar-refractivity contribution is 5.94. The summed E-state index contributed by atoms with van der Waals surface area (Å²) in [6.07, 6.45) is 9.27. The third-order valence-electron chi connectivity index (χ3n) is 4.71. The summed E-state index contributed by atoms with van der Waals surface area (Å²) >= 11 is 0. The summed E-state index contributed by atoms with van der Waals surface area (Å²) in [5.41, 5.74) is 0.558. The lowest BCUT2D eigenvalue weighted by atomic mass is 9.94. The van der Waals surface area contributed by atoms with Crippen molar-refractivity contribution in [1.82, 2.24) is 0 Å². The first-order valence-electron chi connectivity index (χ1n) is 9.32. The van der Waals surface area contributed by atoms with Gasteiger partial charge >= 0.3 is 5.97 Å². The maximum atomic E-state index is 12.0. The zero-order valence-corrected chi connectivity index (χ0v) is 15.3. The molecule has 1 aliphatic heterocycles. The van der Waals surface area contributed by atoms with Gasteiger partial charge in [-0.15, -0.1) is 0 Å². The van der Waals surface area contributed by atoms with Crippen LogP contribution in [-0.2, 0) is 14.3 Å². The third kappa shape index (κ3) is 4.19. The molecule has 4 rings (SSSR count). The van der Waals surface area contributed by atoms with Crippen molar-refractivity contribution in [1.29, 1.82) is 0 Å². The summed E-state index contributed by atoms with van der Waals surface area (Å²) in [5, 5.41) is 2.69. The number of fused-ring (bicyclic) bond motifs is 1. The summed E-state index contributed by atoms with van der Waals surface area (Å²) in [6, 6.07) is 8.66. The van der Waals surface area contributed by atoms with E-state index < -0.39 is 17.7 Å². The summed E-state index contributed by atoms with van der Waals surface area (Å²) in [4.78, 5) is 23.7. The van der Waals surface area contributed by atoms with Crippen molar-refractivity contribution in [2.24, 2.45) is 0 Å². The van der Waals surface area contributed by atoms with Gasteiger partial charge in [-0.25, -0.2) is 4.79 Å². The Hall–Kier alpha value is -3.22. The Bertz CT molecular complexity index is 880. The van der Waals surface area contributed by atoms with Crippen LogP contribution in [0.15, 0.2) is 47.1 Å². The van der Waals surface area contributed by atoms with Gasteiger partial charge in [0.2, 0.25) is 0 Å². The molecule has 7 heteroatoms. The van der Waals surface area contributed by atoms with Crippen molar-refractivity contribution >= 4 is 23.6 Å². The molecule has 1 spiro atoms. The van der Waals surface area contributed by atoms with E-state index >= 15 is 0 Å². The molecule has 146 valence electrons. The summed E-state index contributed by atoms with van der Waals surface area (Å²) in [5.74, 6) is 0.214. The molecule has 2 aliphatic rings. The number of rotatable bonds is 5. The fourth-order valence-electron chi connectivity index (χ4n) is 3.38. The molecule has 1 fully saturated rings. The van der Waals surface area contributed by atoms with Crippen LogP contribution in [0, 0.1) is 0 Å². The van der Waals surface area contributed by atoms with E-state index in [-0.39, 0.29) is 6.61 Å². The smallest absolute Gasteiger partial charge is 0.331 e. The van der Waals surface area contributed by atoms with Crippen molar-refractivity contribution in [3.05, 3.63) is 48.4 Å². The fraction of sp³-hybridized carbons (Fsp3) is 0.333. The van der Waals surface area contributed by atoms with Crippen LogP contribution in [0.4, 0.5) is 5.69 Å². The van der Waals surface area contributed by atoms with Crippen molar-refractivity contribution in [3.63, 3.8) is 0 Å². The predicted octanol–water partition coefficient (Wildman–Crippen LogP) is 3.91. The largest absolute Gasteiger partial charge is 0.465 e. The van der Waals surface area contributed by atoms with E-state index in [0.29, 0.717) is 22.9 Å². The zero-order valence-electron chi connectivity index (χ0n) is 15.3. The Kier molecular flexibility index (Phi) is 5.06. The number of esters is 1. The van der Waals surface area contributed by atoms with E-state index in [9.17, 15) is 9.59 Å². The first-order valence-corrected chi connectivity index (χ1v) is 9.32. The van der Waals surface area contributed by atoms with Gasteiger partial charge in [-0.1, -0.05) is 6.42 Å². The van der Waals surface area contributed by atoms with E-state index in [4.69, 9.17) is 18.6 Å². The Balaban J connectivity index is 1.28. The second kappa shape index (κ2) is 7.80. The van der Waals surface area contributed by atoms with Gasteiger partial charge in [0.15, 0.2) is 18.1 Å². The Morgan fingerprint density at radius 3 is 2.71 bits per heavy atom. The molecule has 1 aromatic carbocycles. The number of nitrogens with one attached hydrogen (secondary N) is 1. The maximum absolute atomic E-state index is 12.0. The molecule has 1 N–H and O–H groups in total. The van der Waals surface area contributed by atoms with Crippen LogP contribution in [-0.4, -0.2) is 24.3 Å². The highest BCUT2D eigenvalue weighted by Gasteiger charge is 2.42. The molecule has 2 aromatic rings. The number of amides is 1. The van der Waals surface area contributed by atoms with Crippen LogP contribution in [0.2, 0.25) is 0 Å². The Morgan fingerprint density at radius 2 is 1.93 bits per heavy atom. The minimum atomic E-state index is -0.628. The normalized spacial score (nSPS) is 17.0. The molecule has 0 radical (unpaired) electrons. The first kappa shape index (κ1) is 18.2. The molecule has 0 bridgehead atoms. The van der Waals surface area contributed by atoms with E-state index in [1.54, 1.807) is 30.3 Å². The number of benzene rings is 1. The molecule has 0 atom stereocenters. The van der Waals surface area contributed by atoms with Crippen LogP contribution in [0.1, 0.15) is 37.9 Å². The van der Waals surface area contributed by atoms with E-state index in [0.717, 1.165) is 25.7 Å². The highest BCUT2D eigenvalue weighted by Crippen LogP contribution is 2.46. The van der Waals surface area contributed by atoms with E-state index in [2.05, 4.69) is 5.32 Å². The first-order chi connectivity index (χ1) is 13.6. The Labute approximate surface area is 162 Å². The van der Waals surface area contributed by atoms with Gasteiger partial charge in [-0.05, 0) is 43.2 Å². The summed E-state index contributed by atoms with van der Waals surface area (Å²) < 4.78 is 22.1. The van der Waals surface area contributed by atoms with Gasteiger partial charge in [0, 0.05) is 30.7 Å². The second-order valence-electron chi connectivity index (χ2n) is 6.84. The molecule has 1 amide bonds. The molecule has 0 unspecified atom stereocenters. The Morgan fingerprint density at radius 1 is 1.11 bits per heavy atom. The van der Waals surface area contributed by atoms with Crippen molar-refractivity contribution < 1.29 is 28.2 Å². The minimum Gasteiger partial charge on any atom is -0.465 e. The number of anilines is 1. The molecule has 1 aliphatic carbocycles. The predicted molar refractivity (Wildman–Crippen MR) is 101 cm³/mol. The molecule has 28 heavy (non-hydrogen) atoms. The average molecular weight is 383 g/mol. The van der Waals surface area contributed by atoms with Gasteiger partial charge in [-0.3, -0.25) is 4.79 Å². The fourth-order valence-corrected chi connectivity index (χ4v) is 3.38.